The third kappa shape index (κ3) is 3.34. The van der Waals surface area contributed by atoms with E-state index in [1.807, 2.05) is 19.1 Å². The number of nitrogen functional groups attached to an aromatic ring is 1. The van der Waals surface area contributed by atoms with E-state index in [1.165, 1.54) is 22.6 Å². The van der Waals surface area contributed by atoms with Gasteiger partial charge in [0.2, 0.25) is 0 Å². The van der Waals surface area contributed by atoms with E-state index >= 15 is 0 Å². The van der Waals surface area contributed by atoms with Gasteiger partial charge in [-0.2, -0.15) is 0 Å². The van der Waals surface area contributed by atoms with Crippen molar-refractivity contribution >= 4 is 38.8 Å². The maximum absolute atomic E-state index is 12.6. The monoisotopic (exact) mass is 407 g/mol. The Hall–Kier alpha value is -2.64. The third-order valence-corrected chi connectivity index (χ3v) is 7.11. The van der Waals surface area contributed by atoms with Crippen LogP contribution in [-0.4, -0.2) is 43.6 Å². The summed E-state index contributed by atoms with van der Waals surface area (Å²) in [6, 6.07) is 12.5. The Balaban J connectivity index is 1.16. The number of carbonyl (C=O) groups is 1. The minimum atomic E-state index is -0.125. The molecule has 29 heavy (non-hydrogen) atoms. The Morgan fingerprint density at radius 3 is 2.69 bits per heavy atom. The number of hydrogen-bond acceptors (Lipinski definition) is 6. The molecule has 6 nitrogen and oxygen atoms in total. The maximum atomic E-state index is 12.6. The molecule has 2 saturated heterocycles. The van der Waals surface area contributed by atoms with Crippen LogP contribution in [0, 0.1) is 12.3 Å². The molecule has 4 heterocycles. The number of nitrogens with one attached hydrogen (secondary N) is 2. The highest BCUT2D eigenvalue weighted by Gasteiger charge is 2.47. The summed E-state index contributed by atoms with van der Waals surface area (Å²) in [5.74, 6) is -0.125. The number of benzene rings is 1. The van der Waals surface area contributed by atoms with Gasteiger partial charge in [-0.15, -0.1) is 11.3 Å². The second kappa shape index (κ2) is 7.00. The largest absolute Gasteiger partial charge is 0.397 e. The lowest BCUT2D eigenvalue weighted by Gasteiger charge is -2.57. The van der Waals surface area contributed by atoms with Gasteiger partial charge in [0.25, 0.3) is 5.91 Å². The highest BCUT2D eigenvalue weighted by atomic mass is 32.1. The van der Waals surface area contributed by atoms with Crippen LogP contribution >= 0.6 is 11.3 Å². The van der Waals surface area contributed by atoms with E-state index in [0.29, 0.717) is 22.5 Å². The molecule has 5 rings (SSSR count). The second-order valence-electron chi connectivity index (χ2n) is 8.28. The fraction of sp³-hybridized carbons (Fsp3) is 0.364. The topological polar surface area (TPSA) is 83.3 Å². The first-order chi connectivity index (χ1) is 14.0. The van der Waals surface area contributed by atoms with Crippen LogP contribution in [0.1, 0.15) is 20.9 Å². The molecule has 1 amide bonds. The van der Waals surface area contributed by atoms with Crippen molar-refractivity contribution < 1.29 is 4.79 Å². The third-order valence-electron chi connectivity index (χ3n) is 5.99. The van der Waals surface area contributed by atoms with E-state index < -0.39 is 0 Å². The summed E-state index contributed by atoms with van der Waals surface area (Å²) in [6.07, 6.45) is 0.794. The van der Waals surface area contributed by atoms with E-state index in [2.05, 4.69) is 44.8 Å². The number of anilines is 2. The van der Waals surface area contributed by atoms with Crippen LogP contribution in [0.25, 0.3) is 10.2 Å². The average Bonchev–Trinajstić information content (AvgIpc) is 2.96. The van der Waals surface area contributed by atoms with Crippen molar-refractivity contribution in [1.82, 2.24) is 15.6 Å². The summed E-state index contributed by atoms with van der Waals surface area (Å²) in [6.45, 7) is 7.13. The molecule has 150 valence electrons. The molecule has 2 fully saturated rings. The van der Waals surface area contributed by atoms with E-state index in [9.17, 15) is 4.79 Å². The van der Waals surface area contributed by atoms with Crippen LogP contribution in [-0.2, 0) is 6.42 Å². The lowest BCUT2D eigenvalue weighted by atomic mass is 9.74. The molecule has 7 heteroatoms. The van der Waals surface area contributed by atoms with Crippen molar-refractivity contribution in [2.75, 3.05) is 43.4 Å². The van der Waals surface area contributed by atoms with E-state index in [4.69, 9.17) is 5.73 Å². The Kier molecular flexibility index (Phi) is 4.44. The second-order valence-corrected chi connectivity index (χ2v) is 9.28. The summed E-state index contributed by atoms with van der Waals surface area (Å²) in [5.41, 5.74) is 10.7. The first-order valence-electron chi connectivity index (χ1n) is 10.0. The molecule has 0 saturated carbocycles. The van der Waals surface area contributed by atoms with Crippen molar-refractivity contribution in [2.24, 2.45) is 5.41 Å². The van der Waals surface area contributed by atoms with Crippen molar-refractivity contribution in [3.8, 4) is 0 Å². The van der Waals surface area contributed by atoms with Crippen LogP contribution in [0.15, 0.2) is 36.4 Å². The molecule has 1 aromatic carbocycles. The molecule has 4 N–H and O–H groups in total. The number of rotatable bonds is 5. The number of nitrogens with two attached hydrogens (primary N) is 1. The standard InChI is InChI=1S/C22H25N5OS/c1-14-2-7-17-18(23)19(29-21(17)26-14)20(28)25-9-8-15-3-5-16(6-4-15)27-12-22(13-27)10-24-11-22/h2-7,24H,8-13,23H2,1H3,(H,25,28). The lowest BCUT2D eigenvalue weighted by Crippen LogP contribution is -2.71. The van der Waals surface area contributed by atoms with Crippen LogP contribution in [0.5, 0.6) is 0 Å². The molecule has 0 radical (unpaired) electrons. The van der Waals surface area contributed by atoms with Gasteiger partial charge in [-0.3, -0.25) is 4.79 Å². The van der Waals surface area contributed by atoms with Crippen molar-refractivity contribution in [1.29, 1.82) is 0 Å². The quantitative estimate of drug-likeness (QED) is 0.606. The molecular weight excluding hydrogens is 382 g/mol. The van der Waals surface area contributed by atoms with Gasteiger partial charge in [-0.25, -0.2) is 4.98 Å². The van der Waals surface area contributed by atoms with Crippen LogP contribution in [0.3, 0.4) is 0 Å². The van der Waals surface area contributed by atoms with Crippen molar-refractivity contribution in [2.45, 2.75) is 13.3 Å². The molecule has 2 aliphatic heterocycles. The average molecular weight is 408 g/mol. The minimum absolute atomic E-state index is 0.125. The van der Waals surface area contributed by atoms with E-state index in [0.717, 1.165) is 48.5 Å². The summed E-state index contributed by atoms with van der Waals surface area (Å²) < 4.78 is 0. The summed E-state index contributed by atoms with van der Waals surface area (Å²) >= 11 is 1.35. The van der Waals surface area contributed by atoms with Gasteiger partial charge >= 0.3 is 0 Å². The van der Waals surface area contributed by atoms with Gasteiger partial charge in [0.15, 0.2) is 0 Å². The number of nitrogens with zero attached hydrogens (tertiary/aromatic N) is 2. The van der Waals surface area contributed by atoms with Gasteiger partial charge in [0.05, 0.1) is 5.69 Å². The number of carbonyl (C=O) groups excluding carboxylic acids is 1. The van der Waals surface area contributed by atoms with Gasteiger partial charge in [0, 0.05) is 54.9 Å². The summed E-state index contributed by atoms with van der Waals surface area (Å²) in [7, 11) is 0. The van der Waals surface area contributed by atoms with Crippen LogP contribution in [0.4, 0.5) is 11.4 Å². The molecule has 3 aromatic rings. The Morgan fingerprint density at radius 1 is 1.24 bits per heavy atom. The van der Waals surface area contributed by atoms with Gasteiger partial charge in [-0.05, 0) is 43.2 Å². The number of aromatic nitrogens is 1. The number of aryl methyl sites for hydroxylation is 1. The van der Waals surface area contributed by atoms with E-state index in [1.54, 1.807) is 0 Å². The first kappa shape index (κ1) is 18.4. The highest BCUT2D eigenvalue weighted by molar-refractivity contribution is 7.21. The molecule has 1 spiro atoms. The highest BCUT2D eigenvalue weighted by Crippen LogP contribution is 2.37. The summed E-state index contributed by atoms with van der Waals surface area (Å²) in [4.78, 5) is 20.8. The number of thiophene rings is 1. The number of fused-ring (bicyclic) bond motifs is 1. The smallest absolute Gasteiger partial charge is 0.263 e. The normalized spacial score (nSPS) is 17.2. The first-order valence-corrected chi connectivity index (χ1v) is 10.8. The zero-order valence-electron chi connectivity index (χ0n) is 16.5. The molecule has 2 aliphatic rings. The van der Waals surface area contributed by atoms with Crippen LogP contribution < -0.4 is 21.3 Å². The van der Waals surface area contributed by atoms with Crippen LogP contribution in [0.2, 0.25) is 0 Å². The fourth-order valence-corrected chi connectivity index (χ4v) is 5.24. The Bertz CT molecular complexity index is 1060. The maximum Gasteiger partial charge on any atom is 0.263 e. The zero-order valence-corrected chi connectivity index (χ0v) is 17.3. The Morgan fingerprint density at radius 2 is 2.00 bits per heavy atom. The SMILES string of the molecule is Cc1ccc2c(N)c(C(=O)NCCc3ccc(N4CC5(CNC5)C4)cc3)sc2n1. The van der Waals surface area contributed by atoms with Crippen molar-refractivity contribution in [3.63, 3.8) is 0 Å². The van der Waals surface area contributed by atoms with Gasteiger partial charge in [-0.1, -0.05) is 12.1 Å². The number of pyridine rings is 1. The molecule has 0 bridgehead atoms. The predicted octanol–water partition coefficient (Wildman–Crippen LogP) is 2.57. The molecular formula is C22H25N5OS. The fourth-order valence-electron chi connectivity index (χ4n) is 4.18. The van der Waals surface area contributed by atoms with Gasteiger partial charge < -0.3 is 21.3 Å². The lowest BCUT2D eigenvalue weighted by molar-refractivity contribution is 0.0959. The van der Waals surface area contributed by atoms with Gasteiger partial charge in [0.1, 0.15) is 9.71 Å². The molecule has 2 aromatic heterocycles. The van der Waals surface area contributed by atoms with E-state index in [-0.39, 0.29) is 5.91 Å². The van der Waals surface area contributed by atoms with Crippen molar-refractivity contribution in [3.05, 3.63) is 52.5 Å². The number of amides is 1. The zero-order chi connectivity index (χ0) is 20.0. The number of hydrogen-bond donors (Lipinski definition) is 3. The molecule has 0 unspecified atom stereocenters. The Labute approximate surface area is 174 Å². The molecule has 0 aliphatic carbocycles. The predicted molar refractivity (Wildman–Crippen MR) is 119 cm³/mol. The molecule has 0 atom stereocenters. The summed E-state index contributed by atoms with van der Waals surface area (Å²) in [5, 5.41) is 7.22. The minimum Gasteiger partial charge on any atom is -0.397 e.